The van der Waals surface area contributed by atoms with E-state index in [-0.39, 0.29) is 18.5 Å². The van der Waals surface area contributed by atoms with Crippen molar-refractivity contribution < 1.29 is 18.7 Å². The molecule has 0 aliphatic heterocycles. The number of carbonyl (C=O) groups excluding carboxylic acids is 2. The predicted molar refractivity (Wildman–Crippen MR) is 93.9 cm³/mol. The number of anilines is 2. The third-order valence-corrected chi connectivity index (χ3v) is 3.46. The number of oxazole rings is 1. The van der Waals surface area contributed by atoms with Crippen molar-refractivity contribution in [2.24, 2.45) is 0 Å². The van der Waals surface area contributed by atoms with Crippen molar-refractivity contribution in [2.75, 3.05) is 17.2 Å². The molecular formula is C17H14ClN3O4. The third-order valence-electron chi connectivity index (χ3n) is 3.15. The highest BCUT2D eigenvalue weighted by Crippen LogP contribution is 2.24. The van der Waals surface area contributed by atoms with Crippen LogP contribution in [0.3, 0.4) is 0 Å². The van der Waals surface area contributed by atoms with Gasteiger partial charge >= 0.3 is 6.01 Å². The quantitative estimate of drug-likeness (QED) is 0.727. The number of hydrogen-bond donors (Lipinski definition) is 2. The molecule has 128 valence electrons. The van der Waals surface area contributed by atoms with E-state index in [0.29, 0.717) is 27.6 Å². The Morgan fingerprint density at radius 1 is 1.20 bits per heavy atom. The molecular weight excluding hydrogens is 346 g/mol. The van der Waals surface area contributed by atoms with Gasteiger partial charge in [-0.2, -0.15) is 4.98 Å². The van der Waals surface area contributed by atoms with Gasteiger partial charge in [0.05, 0.1) is 5.02 Å². The fraction of sp³-hybridized carbons (Fsp3) is 0.118. The van der Waals surface area contributed by atoms with Gasteiger partial charge in [0, 0.05) is 18.7 Å². The molecule has 0 saturated heterocycles. The Bertz CT molecular complexity index is 939. The summed E-state index contributed by atoms with van der Waals surface area (Å²) >= 11 is 5.95. The van der Waals surface area contributed by atoms with Crippen LogP contribution in [0.1, 0.15) is 6.92 Å². The number of ether oxygens (including phenoxy) is 1. The van der Waals surface area contributed by atoms with Gasteiger partial charge in [-0.05, 0) is 24.3 Å². The van der Waals surface area contributed by atoms with Crippen LogP contribution < -0.4 is 15.4 Å². The fourth-order valence-electron chi connectivity index (χ4n) is 2.12. The normalized spacial score (nSPS) is 10.5. The second-order valence-corrected chi connectivity index (χ2v) is 5.56. The summed E-state index contributed by atoms with van der Waals surface area (Å²) in [6, 6.07) is 11.9. The number of rotatable bonds is 5. The number of para-hydroxylation sites is 1. The molecule has 1 heterocycles. The molecule has 0 fully saturated rings. The molecule has 0 saturated carbocycles. The molecule has 25 heavy (non-hydrogen) atoms. The van der Waals surface area contributed by atoms with Crippen molar-refractivity contribution >= 4 is 46.2 Å². The maximum Gasteiger partial charge on any atom is 0.302 e. The van der Waals surface area contributed by atoms with Gasteiger partial charge in [-0.25, -0.2) is 0 Å². The summed E-state index contributed by atoms with van der Waals surface area (Å²) in [5, 5.41) is 5.57. The molecule has 0 atom stereocenters. The second-order valence-electron chi connectivity index (χ2n) is 5.15. The lowest BCUT2D eigenvalue weighted by Gasteiger charge is -2.06. The molecule has 0 spiro atoms. The van der Waals surface area contributed by atoms with Crippen LogP contribution in [-0.2, 0) is 9.59 Å². The summed E-state index contributed by atoms with van der Waals surface area (Å²) in [6.07, 6.45) is 0. The molecule has 1 aromatic heterocycles. The van der Waals surface area contributed by atoms with Gasteiger partial charge in [-0.3, -0.25) is 14.9 Å². The lowest BCUT2D eigenvalue weighted by atomic mass is 10.3. The molecule has 8 heteroatoms. The molecule has 3 rings (SSSR count). The van der Waals surface area contributed by atoms with Crippen LogP contribution in [0.5, 0.6) is 5.75 Å². The molecule has 0 bridgehead atoms. The lowest BCUT2D eigenvalue weighted by Crippen LogP contribution is -2.20. The van der Waals surface area contributed by atoms with Crippen LogP contribution in [0.4, 0.5) is 11.7 Å². The number of nitrogens with zero attached hydrogens (tertiary/aromatic N) is 1. The van der Waals surface area contributed by atoms with Gasteiger partial charge in [-0.15, -0.1) is 0 Å². The molecule has 2 amide bonds. The Morgan fingerprint density at radius 3 is 2.76 bits per heavy atom. The van der Waals surface area contributed by atoms with Crippen LogP contribution >= 0.6 is 11.6 Å². The van der Waals surface area contributed by atoms with Crippen molar-refractivity contribution in [2.45, 2.75) is 6.92 Å². The van der Waals surface area contributed by atoms with Gasteiger partial charge in [0.25, 0.3) is 5.91 Å². The van der Waals surface area contributed by atoms with Crippen LogP contribution in [0.2, 0.25) is 5.02 Å². The van der Waals surface area contributed by atoms with E-state index >= 15 is 0 Å². The smallest absolute Gasteiger partial charge is 0.302 e. The average molecular weight is 360 g/mol. The van der Waals surface area contributed by atoms with Crippen LogP contribution in [0, 0.1) is 0 Å². The maximum absolute atomic E-state index is 12.0. The third kappa shape index (κ3) is 4.27. The van der Waals surface area contributed by atoms with Gasteiger partial charge in [-0.1, -0.05) is 23.7 Å². The summed E-state index contributed by atoms with van der Waals surface area (Å²) in [6.45, 7) is 1.18. The topological polar surface area (TPSA) is 93.5 Å². The molecule has 2 aromatic carbocycles. The Hall–Kier alpha value is -3.06. The van der Waals surface area contributed by atoms with E-state index < -0.39 is 5.91 Å². The first-order valence-corrected chi connectivity index (χ1v) is 7.74. The Balaban J connectivity index is 1.65. The minimum Gasteiger partial charge on any atom is -0.482 e. The van der Waals surface area contributed by atoms with Crippen molar-refractivity contribution in [3.63, 3.8) is 0 Å². The maximum atomic E-state index is 12.0. The molecule has 2 N–H and O–H groups in total. The second kappa shape index (κ2) is 7.23. The number of nitrogens with one attached hydrogen (secondary N) is 2. The number of hydrogen-bond acceptors (Lipinski definition) is 5. The molecule has 0 unspecified atom stereocenters. The van der Waals surface area contributed by atoms with E-state index in [1.54, 1.807) is 42.5 Å². The zero-order valence-corrected chi connectivity index (χ0v) is 14.0. The summed E-state index contributed by atoms with van der Waals surface area (Å²) in [4.78, 5) is 27.2. The van der Waals surface area contributed by atoms with Crippen molar-refractivity contribution in [3.8, 4) is 5.75 Å². The van der Waals surface area contributed by atoms with Gasteiger partial charge in [0.2, 0.25) is 5.91 Å². The van der Waals surface area contributed by atoms with Gasteiger partial charge in [0.1, 0.15) is 11.3 Å². The largest absolute Gasteiger partial charge is 0.482 e. The Kier molecular flexibility index (Phi) is 4.85. The molecule has 3 aromatic rings. The lowest BCUT2D eigenvalue weighted by molar-refractivity contribution is -0.118. The highest BCUT2D eigenvalue weighted by molar-refractivity contribution is 6.32. The number of halogens is 1. The number of fused-ring (bicyclic) bond motifs is 1. The summed E-state index contributed by atoms with van der Waals surface area (Å²) in [5.74, 6) is -0.213. The molecule has 7 nitrogen and oxygen atoms in total. The number of carbonyl (C=O) groups is 2. The minimum atomic E-state index is -0.437. The molecule has 0 aliphatic carbocycles. The molecule has 0 radical (unpaired) electrons. The van der Waals surface area contributed by atoms with Crippen LogP contribution in [-0.4, -0.2) is 23.4 Å². The first-order valence-electron chi connectivity index (χ1n) is 7.36. The van der Waals surface area contributed by atoms with Crippen LogP contribution in [0.15, 0.2) is 46.9 Å². The highest BCUT2D eigenvalue weighted by Gasteiger charge is 2.11. The first-order chi connectivity index (χ1) is 12.0. The van der Waals surface area contributed by atoms with E-state index in [0.717, 1.165) is 0 Å². The standard InChI is InChI=1S/C17H14ClN3O4/c1-10(22)19-11-6-7-13-15(8-11)25-17(20-13)21-16(23)9-24-14-5-3-2-4-12(14)18/h2-8H,9H2,1H3,(H,19,22)(H,20,21,23). The monoisotopic (exact) mass is 359 g/mol. The molecule has 0 aliphatic rings. The SMILES string of the molecule is CC(=O)Nc1ccc2nc(NC(=O)COc3ccccc3Cl)oc2c1. The number of aromatic nitrogens is 1. The van der Waals surface area contributed by atoms with Crippen molar-refractivity contribution in [1.29, 1.82) is 0 Å². The van der Waals surface area contributed by atoms with Crippen molar-refractivity contribution in [1.82, 2.24) is 4.98 Å². The zero-order valence-electron chi connectivity index (χ0n) is 13.2. The Labute approximate surface area is 147 Å². The van der Waals surface area contributed by atoms with Crippen LogP contribution in [0.25, 0.3) is 11.1 Å². The average Bonchev–Trinajstić information content (AvgIpc) is 2.95. The predicted octanol–water partition coefficient (Wildman–Crippen LogP) is 3.46. The van der Waals surface area contributed by atoms with E-state index in [1.165, 1.54) is 6.92 Å². The highest BCUT2D eigenvalue weighted by atomic mass is 35.5. The van der Waals surface area contributed by atoms with Gasteiger partial charge < -0.3 is 14.5 Å². The minimum absolute atomic E-state index is 0.0442. The summed E-state index contributed by atoms with van der Waals surface area (Å²) < 4.78 is 10.8. The van der Waals surface area contributed by atoms with E-state index in [9.17, 15) is 9.59 Å². The fourth-order valence-corrected chi connectivity index (χ4v) is 2.31. The Morgan fingerprint density at radius 2 is 2.00 bits per heavy atom. The van der Waals surface area contributed by atoms with E-state index in [2.05, 4.69) is 15.6 Å². The van der Waals surface area contributed by atoms with Gasteiger partial charge in [0.15, 0.2) is 12.2 Å². The zero-order chi connectivity index (χ0) is 17.8. The number of benzene rings is 2. The summed E-state index contributed by atoms with van der Waals surface area (Å²) in [5.41, 5.74) is 1.57. The first kappa shape index (κ1) is 16.8. The summed E-state index contributed by atoms with van der Waals surface area (Å²) in [7, 11) is 0. The van der Waals surface area contributed by atoms with E-state index in [1.807, 2.05) is 0 Å². The van der Waals surface area contributed by atoms with Crippen molar-refractivity contribution in [3.05, 3.63) is 47.5 Å². The number of amides is 2. The van der Waals surface area contributed by atoms with E-state index in [4.69, 9.17) is 20.8 Å².